The zero-order valence-electron chi connectivity index (χ0n) is 18.4. The van der Waals surface area contributed by atoms with E-state index in [2.05, 4.69) is 0 Å². The second-order valence-corrected chi connectivity index (χ2v) is 7.53. The normalized spacial score (nSPS) is 11.7. The molecule has 0 amide bonds. The SMILES string of the molecule is COC(=O)C[C@H](c1ccccc1OC)c1c(O)cc(C)n(CCc2ccc(O)cc2)c1=O. The molecule has 3 aromatic rings. The summed E-state index contributed by atoms with van der Waals surface area (Å²) in [6.07, 6.45) is 0.433. The molecule has 1 atom stereocenters. The van der Waals surface area contributed by atoms with Crippen LogP contribution in [0.3, 0.4) is 0 Å². The van der Waals surface area contributed by atoms with Crippen LogP contribution in [0.2, 0.25) is 0 Å². The van der Waals surface area contributed by atoms with Crippen LogP contribution in [0.1, 0.15) is 34.7 Å². The summed E-state index contributed by atoms with van der Waals surface area (Å²) >= 11 is 0. The molecule has 7 nitrogen and oxygen atoms in total. The second kappa shape index (κ2) is 10.0. The molecular formula is C25H27NO6. The number of pyridine rings is 1. The number of phenols is 1. The highest BCUT2D eigenvalue weighted by Gasteiger charge is 2.28. The monoisotopic (exact) mass is 437 g/mol. The van der Waals surface area contributed by atoms with Crippen molar-refractivity contribution in [3.8, 4) is 17.2 Å². The van der Waals surface area contributed by atoms with E-state index in [1.54, 1.807) is 60.0 Å². The number of hydrogen-bond donors (Lipinski definition) is 2. The van der Waals surface area contributed by atoms with Gasteiger partial charge in [0.1, 0.15) is 17.2 Å². The molecule has 2 aromatic carbocycles. The molecule has 168 valence electrons. The summed E-state index contributed by atoms with van der Waals surface area (Å²) in [5, 5.41) is 20.2. The van der Waals surface area contributed by atoms with Crippen molar-refractivity contribution >= 4 is 5.97 Å². The largest absolute Gasteiger partial charge is 0.508 e. The van der Waals surface area contributed by atoms with Crippen molar-refractivity contribution in [1.82, 2.24) is 4.57 Å². The average molecular weight is 437 g/mol. The van der Waals surface area contributed by atoms with Gasteiger partial charge in [0.25, 0.3) is 5.56 Å². The number of carbonyl (C=O) groups excluding carboxylic acids is 1. The predicted molar refractivity (Wildman–Crippen MR) is 120 cm³/mol. The third kappa shape index (κ3) is 4.94. The number of aryl methyl sites for hydroxylation is 2. The third-order valence-corrected chi connectivity index (χ3v) is 5.54. The maximum absolute atomic E-state index is 13.5. The number of rotatable bonds is 8. The topological polar surface area (TPSA) is 98.0 Å². The Kier molecular flexibility index (Phi) is 7.20. The molecule has 7 heteroatoms. The molecule has 1 heterocycles. The Hall–Kier alpha value is -3.74. The van der Waals surface area contributed by atoms with Gasteiger partial charge in [0.2, 0.25) is 0 Å². The van der Waals surface area contributed by atoms with E-state index in [9.17, 15) is 19.8 Å². The first-order valence-corrected chi connectivity index (χ1v) is 10.3. The van der Waals surface area contributed by atoms with Crippen LogP contribution < -0.4 is 10.3 Å². The van der Waals surface area contributed by atoms with Crippen LogP contribution in [0.25, 0.3) is 0 Å². The van der Waals surface area contributed by atoms with E-state index in [-0.39, 0.29) is 29.0 Å². The van der Waals surface area contributed by atoms with E-state index in [0.29, 0.717) is 30.0 Å². The number of methoxy groups -OCH3 is 2. The fourth-order valence-electron chi connectivity index (χ4n) is 3.85. The van der Waals surface area contributed by atoms with E-state index < -0.39 is 11.9 Å². The lowest BCUT2D eigenvalue weighted by atomic mass is 9.87. The molecule has 1 aromatic heterocycles. The number of para-hydroxylation sites is 1. The van der Waals surface area contributed by atoms with Gasteiger partial charge in [-0.2, -0.15) is 0 Å². The van der Waals surface area contributed by atoms with Crippen LogP contribution in [0.5, 0.6) is 17.2 Å². The van der Waals surface area contributed by atoms with E-state index in [1.807, 2.05) is 0 Å². The van der Waals surface area contributed by atoms with Crippen LogP contribution in [0.4, 0.5) is 0 Å². The van der Waals surface area contributed by atoms with Crippen molar-refractivity contribution < 1.29 is 24.5 Å². The molecule has 0 aliphatic carbocycles. The molecule has 3 rings (SSSR count). The molecule has 0 saturated carbocycles. The summed E-state index contributed by atoms with van der Waals surface area (Å²) in [5.41, 5.74) is 1.92. The van der Waals surface area contributed by atoms with Gasteiger partial charge >= 0.3 is 5.97 Å². The number of hydrogen-bond acceptors (Lipinski definition) is 6. The van der Waals surface area contributed by atoms with Gasteiger partial charge in [0.15, 0.2) is 0 Å². The number of ether oxygens (including phenoxy) is 2. The minimum Gasteiger partial charge on any atom is -0.508 e. The van der Waals surface area contributed by atoms with Gasteiger partial charge in [-0.15, -0.1) is 0 Å². The Bertz CT molecular complexity index is 1150. The van der Waals surface area contributed by atoms with Crippen molar-refractivity contribution in [3.63, 3.8) is 0 Å². The summed E-state index contributed by atoms with van der Waals surface area (Å²) in [6, 6.07) is 15.4. The van der Waals surface area contributed by atoms with Crippen LogP contribution in [0, 0.1) is 6.92 Å². The van der Waals surface area contributed by atoms with E-state index >= 15 is 0 Å². The fourth-order valence-corrected chi connectivity index (χ4v) is 3.85. The Labute approximate surface area is 186 Å². The van der Waals surface area contributed by atoms with Crippen molar-refractivity contribution in [2.75, 3.05) is 14.2 Å². The summed E-state index contributed by atoms with van der Waals surface area (Å²) in [4.78, 5) is 25.7. The molecule has 0 radical (unpaired) electrons. The molecule has 0 aliphatic heterocycles. The Morgan fingerprint density at radius 3 is 2.41 bits per heavy atom. The zero-order valence-corrected chi connectivity index (χ0v) is 18.4. The standard InChI is InChI=1S/C25H27NO6/c1-16-14-21(28)24(25(30)26(16)13-12-17-8-10-18(27)11-9-17)20(15-23(29)32-3)19-6-4-5-7-22(19)31-2/h4-11,14,20,27-28H,12-13,15H2,1-3H3/t20-/m1/s1. The lowest BCUT2D eigenvalue weighted by Gasteiger charge is -2.22. The van der Waals surface area contributed by atoms with Gasteiger partial charge < -0.3 is 24.3 Å². The highest BCUT2D eigenvalue weighted by atomic mass is 16.5. The van der Waals surface area contributed by atoms with Gasteiger partial charge in [0.05, 0.1) is 26.2 Å². The second-order valence-electron chi connectivity index (χ2n) is 7.53. The van der Waals surface area contributed by atoms with E-state index in [1.165, 1.54) is 20.3 Å². The van der Waals surface area contributed by atoms with E-state index in [4.69, 9.17) is 9.47 Å². The number of aromatic hydroxyl groups is 2. The van der Waals surface area contributed by atoms with Crippen LogP contribution >= 0.6 is 0 Å². The van der Waals surface area contributed by atoms with Crippen molar-refractivity contribution in [1.29, 1.82) is 0 Å². The quantitative estimate of drug-likeness (QED) is 0.524. The average Bonchev–Trinajstić information content (AvgIpc) is 2.79. The van der Waals surface area contributed by atoms with Gasteiger partial charge in [-0.05, 0) is 43.2 Å². The van der Waals surface area contributed by atoms with Crippen LogP contribution in [-0.4, -0.2) is 35.0 Å². The fraction of sp³-hybridized carbons (Fsp3) is 0.280. The molecule has 0 spiro atoms. The summed E-state index contributed by atoms with van der Waals surface area (Å²) < 4.78 is 11.9. The summed E-state index contributed by atoms with van der Waals surface area (Å²) in [7, 11) is 2.80. The molecule has 2 N–H and O–H groups in total. The molecule has 0 aliphatic rings. The van der Waals surface area contributed by atoms with Crippen molar-refractivity contribution in [2.24, 2.45) is 0 Å². The molecule has 32 heavy (non-hydrogen) atoms. The maximum atomic E-state index is 13.5. The molecule has 0 bridgehead atoms. The van der Waals surface area contributed by atoms with Gasteiger partial charge in [0, 0.05) is 23.7 Å². The first-order valence-electron chi connectivity index (χ1n) is 10.3. The number of benzene rings is 2. The molecular weight excluding hydrogens is 410 g/mol. The predicted octanol–water partition coefficient (Wildman–Crippen LogP) is 3.51. The molecule has 0 saturated heterocycles. The minimum atomic E-state index is -0.744. The van der Waals surface area contributed by atoms with E-state index in [0.717, 1.165) is 5.56 Å². The lowest BCUT2D eigenvalue weighted by Crippen LogP contribution is -2.29. The Morgan fingerprint density at radius 1 is 1.06 bits per heavy atom. The maximum Gasteiger partial charge on any atom is 0.306 e. The minimum absolute atomic E-state index is 0.121. The number of esters is 1. The Morgan fingerprint density at radius 2 is 1.75 bits per heavy atom. The Balaban J connectivity index is 2.08. The zero-order chi connectivity index (χ0) is 23.3. The van der Waals surface area contributed by atoms with Crippen LogP contribution in [-0.2, 0) is 22.5 Å². The highest BCUT2D eigenvalue weighted by Crippen LogP contribution is 2.37. The lowest BCUT2D eigenvalue weighted by molar-refractivity contribution is -0.140. The van der Waals surface area contributed by atoms with Gasteiger partial charge in [-0.3, -0.25) is 9.59 Å². The first-order chi connectivity index (χ1) is 15.3. The number of aromatic nitrogens is 1. The van der Waals surface area contributed by atoms with Crippen LogP contribution in [0.15, 0.2) is 59.4 Å². The molecule has 0 unspecified atom stereocenters. The number of phenolic OH excluding ortho intramolecular Hbond substituents is 1. The summed E-state index contributed by atoms with van der Waals surface area (Å²) in [5.74, 6) is -0.733. The third-order valence-electron chi connectivity index (χ3n) is 5.54. The summed E-state index contributed by atoms with van der Waals surface area (Å²) in [6.45, 7) is 2.12. The highest BCUT2D eigenvalue weighted by molar-refractivity contribution is 5.72. The number of nitrogens with zero attached hydrogens (tertiary/aromatic N) is 1. The van der Waals surface area contributed by atoms with Gasteiger partial charge in [-0.25, -0.2) is 0 Å². The van der Waals surface area contributed by atoms with Crippen molar-refractivity contribution in [3.05, 3.63) is 87.3 Å². The smallest absolute Gasteiger partial charge is 0.306 e. The first kappa shape index (κ1) is 22.9. The van der Waals surface area contributed by atoms with Gasteiger partial charge in [-0.1, -0.05) is 30.3 Å². The number of carbonyl (C=O) groups is 1. The molecule has 0 fully saturated rings. The van der Waals surface area contributed by atoms with Crippen molar-refractivity contribution in [2.45, 2.75) is 32.2 Å².